The van der Waals surface area contributed by atoms with Gasteiger partial charge in [0.05, 0.1) is 4.92 Å². The Morgan fingerprint density at radius 3 is 2.04 bits per heavy atom. The highest BCUT2D eigenvalue weighted by atomic mass is 79.9. The smallest absolute Gasteiger partial charge is 0.269 e. The molecule has 0 spiro atoms. The highest BCUT2D eigenvalue weighted by Gasteiger charge is 2.05. The van der Waals surface area contributed by atoms with Crippen LogP contribution in [0, 0.1) is 10.1 Å². The van der Waals surface area contributed by atoms with Crippen molar-refractivity contribution in [2.24, 2.45) is 0 Å². The molecule has 0 aromatic heterocycles. The predicted octanol–water partition coefficient (Wildman–Crippen LogP) is 5.79. The second-order valence-electron chi connectivity index (χ2n) is 6.23. The number of aryl methyl sites for hydroxylation is 1. The van der Waals surface area contributed by atoms with E-state index in [4.69, 9.17) is 0 Å². The lowest BCUT2D eigenvalue weighted by atomic mass is 10.1. The van der Waals surface area contributed by atoms with E-state index in [1.54, 1.807) is 12.1 Å². The number of rotatable bonds is 13. The minimum Gasteiger partial charge on any atom is -0.304 e. The molecule has 138 valence electrons. The van der Waals surface area contributed by atoms with E-state index in [0.717, 1.165) is 25.9 Å². The van der Waals surface area contributed by atoms with E-state index in [9.17, 15) is 10.1 Å². The quantitative estimate of drug-likeness (QED) is 0.239. The molecule has 0 N–H and O–H groups in total. The van der Waals surface area contributed by atoms with Gasteiger partial charge in [-0.3, -0.25) is 10.1 Å². The Hall–Kier alpha value is -0.940. The molecule has 0 bridgehead atoms. The fraction of sp³-hybridized carbons (Fsp3) is 0.684. The number of halogens is 1. The van der Waals surface area contributed by atoms with Crippen molar-refractivity contribution in [2.45, 2.75) is 65.2 Å². The number of hydrogen-bond acceptors (Lipinski definition) is 3. The Labute approximate surface area is 157 Å². The molecular formula is C19H33BrN2O2. The van der Waals surface area contributed by atoms with Gasteiger partial charge in [0.2, 0.25) is 0 Å². The second kappa shape index (κ2) is 14.4. The minimum atomic E-state index is -0.344. The third kappa shape index (κ3) is 10.0. The molecule has 24 heavy (non-hydrogen) atoms. The highest BCUT2D eigenvalue weighted by molar-refractivity contribution is 8.93. The molecule has 1 rings (SSSR count). The van der Waals surface area contributed by atoms with Gasteiger partial charge in [-0.05, 0) is 50.9 Å². The third-order valence-corrected chi connectivity index (χ3v) is 4.36. The maximum Gasteiger partial charge on any atom is 0.269 e. The summed E-state index contributed by atoms with van der Waals surface area (Å²) in [5.41, 5.74) is 1.37. The van der Waals surface area contributed by atoms with Crippen LogP contribution in [0.4, 0.5) is 5.69 Å². The van der Waals surface area contributed by atoms with Crippen molar-refractivity contribution in [3.05, 3.63) is 39.9 Å². The van der Waals surface area contributed by atoms with E-state index in [1.165, 1.54) is 50.6 Å². The first kappa shape index (κ1) is 23.1. The van der Waals surface area contributed by atoms with Gasteiger partial charge in [-0.25, -0.2) is 0 Å². The van der Waals surface area contributed by atoms with Crippen molar-refractivity contribution >= 4 is 22.7 Å². The number of non-ortho nitro benzene ring substituents is 1. The van der Waals surface area contributed by atoms with Crippen LogP contribution in [0.1, 0.15) is 64.4 Å². The zero-order chi connectivity index (χ0) is 16.9. The third-order valence-electron chi connectivity index (χ3n) is 4.36. The predicted molar refractivity (Wildman–Crippen MR) is 107 cm³/mol. The Morgan fingerprint density at radius 2 is 1.50 bits per heavy atom. The number of hydrogen-bond donors (Lipinski definition) is 0. The van der Waals surface area contributed by atoms with Gasteiger partial charge >= 0.3 is 0 Å². The molecule has 0 aliphatic rings. The summed E-state index contributed by atoms with van der Waals surface area (Å²) in [6.45, 7) is 8.01. The zero-order valence-electron chi connectivity index (χ0n) is 15.2. The second-order valence-corrected chi connectivity index (χ2v) is 6.23. The van der Waals surface area contributed by atoms with Gasteiger partial charge in [-0.15, -0.1) is 17.0 Å². The van der Waals surface area contributed by atoms with Gasteiger partial charge in [0.15, 0.2) is 0 Å². The number of nitrogens with zero attached hydrogens (tertiary/aromatic N) is 2. The van der Waals surface area contributed by atoms with Gasteiger partial charge in [-0.2, -0.15) is 0 Å². The standard InChI is InChI=1S/C19H32N2O2.BrH/c1-3-5-6-7-9-16-20(4-2)17-10-8-11-18-12-14-19(15-13-18)21(22)23;/h12-15H,3-11,16-17H2,1-2H3;1H. The van der Waals surface area contributed by atoms with E-state index in [1.807, 2.05) is 12.1 Å². The molecule has 1 aromatic carbocycles. The van der Waals surface area contributed by atoms with E-state index in [-0.39, 0.29) is 27.6 Å². The van der Waals surface area contributed by atoms with Crippen molar-refractivity contribution in [1.82, 2.24) is 4.90 Å². The van der Waals surface area contributed by atoms with Gasteiger partial charge in [0, 0.05) is 12.1 Å². The van der Waals surface area contributed by atoms with E-state index >= 15 is 0 Å². The molecule has 5 heteroatoms. The van der Waals surface area contributed by atoms with Crippen LogP contribution in [0.5, 0.6) is 0 Å². The molecule has 1 aromatic rings. The summed E-state index contributed by atoms with van der Waals surface area (Å²) < 4.78 is 0. The molecule has 0 amide bonds. The van der Waals surface area contributed by atoms with Gasteiger partial charge in [-0.1, -0.05) is 51.7 Å². The molecule has 0 saturated carbocycles. The van der Waals surface area contributed by atoms with Crippen molar-refractivity contribution in [1.29, 1.82) is 0 Å². The van der Waals surface area contributed by atoms with E-state index < -0.39 is 0 Å². The SMILES string of the molecule is Br.CCCCCCCN(CC)CCCCc1ccc([N+](=O)[O-])cc1. The zero-order valence-corrected chi connectivity index (χ0v) is 16.9. The first-order chi connectivity index (χ1) is 11.2. The Balaban J connectivity index is 0.00000529. The largest absolute Gasteiger partial charge is 0.304 e. The molecule has 4 nitrogen and oxygen atoms in total. The molecule has 0 aliphatic carbocycles. The van der Waals surface area contributed by atoms with Gasteiger partial charge in [0.25, 0.3) is 5.69 Å². The van der Waals surface area contributed by atoms with Crippen LogP contribution < -0.4 is 0 Å². The number of nitro benzene ring substituents is 1. The van der Waals surface area contributed by atoms with Crippen LogP contribution in [-0.2, 0) is 6.42 Å². The summed E-state index contributed by atoms with van der Waals surface area (Å²) in [4.78, 5) is 12.8. The molecule has 0 fully saturated rings. The highest BCUT2D eigenvalue weighted by Crippen LogP contribution is 2.14. The normalized spacial score (nSPS) is 10.6. The lowest BCUT2D eigenvalue weighted by molar-refractivity contribution is -0.384. The van der Waals surface area contributed by atoms with Crippen molar-refractivity contribution < 1.29 is 4.92 Å². The van der Waals surface area contributed by atoms with Gasteiger partial charge < -0.3 is 4.90 Å². The fourth-order valence-corrected chi connectivity index (χ4v) is 2.82. The molecule has 0 aliphatic heterocycles. The van der Waals surface area contributed by atoms with Crippen LogP contribution >= 0.6 is 17.0 Å². The molecule has 0 atom stereocenters. The molecule has 0 unspecified atom stereocenters. The van der Waals surface area contributed by atoms with Crippen molar-refractivity contribution in [2.75, 3.05) is 19.6 Å². The van der Waals surface area contributed by atoms with Crippen LogP contribution in [-0.4, -0.2) is 29.5 Å². The lowest BCUT2D eigenvalue weighted by Gasteiger charge is -2.20. The molecule has 0 radical (unpaired) electrons. The van der Waals surface area contributed by atoms with Crippen LogP contribution in [0.2, 0.25) is 0 Å². The lowest BCUT2D eigenvalue weighted by Crippen LogP contribution is -2.25. The van der Waals surface area contributed by atoms with Gasteiger partial charge in [0.1, 0.15) is 0 Å². The number of unbranched alkanes of at least 4 members (excludes halogenated alkanes) is 5. The van der Waals surface area contributed by atoms with Crippen LogP contribution in [0.25, 0.3) is 0 Å². The summed E-state index contributed by atoms with van der Waals surface area (Å²) in [6, 6.07) is 6.96. The average Bonchev–Trinajstić information content (AvgIpc) is 2.57. The Kier molecular flexibility index (Phi) is 13.8. The number of nitro groups is 1. The number of benzene rings is 1. The minimum absolute atomic E-state index is 0. The first-order valence-corrected chi connectivity index (χ1v) is 9.13. The average molecular weight is 401 g/mol. The summed E-state index contributed by atoms with van der Waals surface area (Å²) >= 11 is 0. The Bertz CT molecular complexity index is 437. The topological polar surface area (TPSA) is 46.4 Å². The van der Waals surface area contributed by atoms with Crippen molar-refractivity contribution in [3.8, 4) is 0 Å². The molecule has 0 saturated heterocycles. The first-order valence-electron chi connectivity index (χ1n) is 9.13. The summed E-state index contributed by atoms with van der Waals surface area (Å²) in [7, 11) is 0. The summed E-state index contributed by atoms with van der Waals surface area (Å²) in [6.07, 6.45) is 10.1. The summed E-state index contributed by atoms with van der Waals surface area (Å²) in [5, 5.41) is 10.6. The van der Waals surface area contributed by atoms with Crippen LogP contribution in [0.3, 0.4) is 0 Å². The molecular weight excluding hydrogens is 368 g/mol. The molecule has 0 heterocycles. The van der Waals surface area contributed by atoms with E-state index in [2.05, 4.69) is 18.7 Å². The van der Waals surface area contributed by atoms with Crippen molar-refractivity contribution in [3.63, 3.8) is 0 Å². The maximum atomic E-state index is 10.6. The maximum absolute atomic E-state index is 10.6. The van der Waals surface area contributed by atoms with E-state index in [0.29, 0.717) is 0 Å². The summed E-state index contributed by atoms with van der Waals surface area (Å²) in [5.74, 6) is 0. The fourth-order valence-electron chi connectivity index (χ4n) is 2.82. The van der Waals surface area contributed by atoms with Crippen LogP contribution in [0.15, 0.2) is 24.3 Å². The Morgan fingerprint density at radius 1 is 0.917 bits per heavy atom. The monoisotopic (exact) mass is 400 g/mol.